The SMILES string of the molecule is O=C(O)CNC(=O)CC(NC(=O)OCC1c2ccccc2-c2ccccc21)C1CCCC1. The maximum atomic E-state index is 12.7. The third kappa shape index (κ3) is 4.93. The smallest absolute Gasteiger partial charge is 0.407 e. The standard InChI is InChI=1S/C25H28N2O5/c28-23(26-14-24(29)30)13-22(16-7-1-2-8-16)27-25(31)32-15-21-19-11-5-3-9-17(19)18-10-4-6-12-20(18)21/h3-6,9-12,16,21-22H,1-2,7-8,13-15H2,(H,26,28)(H,27,31)(H,29,30). The molecule has 0 aliphatic heterocycles. The van der Waals surface area contributed by atoms with Gasteiger partial charge in [-0.05, 0) is 41.0 Å². The summed E-state index contributed by atoms with van der Waals surface area (Å²) in [6.45, 7) is -0.219. The Kier molecular flexibility index (Phi) is 6.73. The van der Waals surface area contributed by atoms with Gasteiger partial charge in [0.1, 0.15) is 13.2 Å². The van der Waals surface area contributed by atoms with E-state index in [1.54, 1.807) is 0 Å². The fourth-order valence-electron chi connectivity index (χ4n) is 4.93. The third-order valence-electron chi connectivity index (χ3n) is 6.46. The Morgan fingerprint density at radius 2 is 1.56 bits per heavy atom. The van der Waals surface area contributed by atoms with Gasteiger partial charge in [-0.3, -0.25) is 9.59 Å². The number of carboxylic acids is 1. The van der Waals surface area contributed by atoms with E-state index in [1.807, 2.05) is 24.3 Å². The molecule has 7 nitrogen and oxygen atoms in total. The van der Waals surface area contributed by atoms with Gasteiger partial charge in [-0.25, -0.2) is 4.79 Å². The number of benzene rings is 2. The van der Waals surface area contributed by atoms with Crippen LogP contribution in [0.5, 0.6) is 0 Å². The number of alkyl carbamates (subject to hydrolysis) is 1. The van der Waals surface area contributed by atoms with E-state index in [4.69, 9.17) is 9.84 Å². The number of carboxylic acid groups (broad SMARTS) is 1. The summed E-state index contributed by atoms with van der Waals surface area (Å²) < 4.78 is 5.63. The number of rotatable bonds is 8. The number of hydrogen-bond donors (Lipinski definition) is 3. The van der Waals surface area contributed by atoms with Crippen LogP contribution in [0.3, 0.4) is 0 Å². The molecule has 0 saturated heterocycles. The predicted octanol–water partition coefficient (Wildman–Crippen LogP) is 3.67. The van der Waals surface area contributed by atoms with E-state index in [0.29, 0.717) is 0 Å². The second-order valence-electron chi connectivity index (χ2n) is 8.50. The summed E-state index contributed by atoms with van der Waals surface area (Å²) in [4.78, 5) is 35.6. The van der Waals surface area contributed by atoms with Crippen LogP contribution in [0.15, 0.2) is 48.5 Å². The number of aliphatic carboxylic acids is 1. The molecule has 32 heavy (non-hydrogen) atoms. The molecule has 1 fully saturated rings. The molecular weight excluding hydrogens is 408 g/mol. The molecule has 0 radical (unpaired) electrons. The van der Waals surface area contributed by atoms with Crippen molar-refractivity contribution in [2.75, 3.05) is 13.2 Å². The minimum Gasteiger partial charge on any atom is -0.480 e. The first-order valence-corrected chi connectivity index (χ1v) is 11.1. The molecule has 1 atom stereocenters. The van der Waals surface area contributed by atoms with Gasteiger partial charge < -0.3 is 20.5 Å². The summed E-state index contributed by atoms with van der Waals surface area (Å²) in [7, 11) is 0. The number of carbonyl (C=O) groups excluding carboxylic acids is 2. The van der Waals surface area contributed by atoms with Crippen LogP contribution >= 0.6 is 0 Å². The first-order chi connectivity index (χ1) is 15.5. The molecule has 0 bridgehead atoms. The molecule has 3 N–H and O–H groups in total. The minimum absolute atomic E-state index is 0.0306. The fraction of sp³-hybridized carbons (Fsp3) is 0.400. The Morgan fingerprint density at radius 1 is 0.969 bits per heavy atom. The average Bonchev–Trinajstić information content (AvgIpc) is 3.43. The van der Waals surface area contributed by atoms with E-state index in [-0.39, 0.29) is 36.8 Å². The lowest BCUT2D eigenvalue weighted by atomic mass is 9.95. The lowest BCUT2D eigenvalue weighted by molar-refractivity contribution is -0.138. The minimum atomic E-state index is -1.10. The van der Waals surface area contributed by atoms with E-state index >= 15 is 0 Å². The Labute approximate surface area is 187 Å². The van der Waals surface area contributed by atoms with Crippen LogP contribution in [0.1, 0.15) is 49.1 Å². The molecule has 1 saturated carbocycles. The Morgan fingerprint density at radius 3 is 2.16 bits per heavy atom. The highest BCUT2D eigenvalue weighted by molar-refractivity contribution is 5.82. The Bertz CT molecular complexity index is 954. The van der Waals surface area contributed by atoms with Gasteiger partial charge in [0.05, 0.1) is 0 Å². The Hall–Kier alpha value is -3.35. The zero-order valence-electron chi connectivity index (χ0n) is 17.9. The summed E-state index contributed by atoms with van der Waals surface area (Å²) in [5, 5.41) is 14.0. The molecule has 0 aromatic heterocycles. The van der Waals surface area contributed by atoms with E-state index in [1.165, 1.54) is 0 Å². The molecular formula is C25H28N2O5. The molecule has 7 heteroatoms. The van der Waals surface area contributed by atoms with Gasteiger partial charge in [0.15, 0.2) is 0 Å². The molecule has 0 heterocycles. The topological polar surface area (TPSA) is 105 Å². The number of nitrogens with one attached hydrogen (secondary N) is 2. The molecule has 0 spiro atoms. The summed E-state index contributed by atoms with van der Waals surface area (Å²) in [5.41, 5.74) is 4.61. The van der Waals surface area contributed by atoms with Crippen molar-refractivity contribution in [3.8, 4) is 11.1 Å². The van der Waals surface area contributed by atoms with Crippen molar-refractivity contribution in [2.45, 2.75) is 44.1 Å². The van der Waals surface area contributed by atoms with Crippen molar-refractivity contribution in [1.82, 2.24) is 10.6 Å². The lowest BCUT2D eigenvalue weighted by Gasteiger charge is -2.24. The zero-order valence-corrected chi connectivity index (χ0v) is 17.9. The summed E-state index contributed by atoms with van der Waals surface area (Å²) in [6.07, 6.45) is 3.48. The van der Waals surface area contributed by atoms with Crippen molar-refractivity contribution in [3.63, 3.8) is 0 Å². The number of amides is 2. The van der Waals surface area contributed by atoms with Crippen molar-refractivity contribution in [1.29, 1.82) is 0 Å². The van der Waals surface area contributed by atoms with E-state index < -0.39 is 18.6 Å². The van der Waals surface area contributed by atoms with Crippen LogP contribution in [0.2, 0.25) is 0 Å². The number of carbonyl (C=O) groups is 3. The van der Waals surface area contributed by atoms with Gasteiger partial charge in [0.2, 0.25) is 5.91 Å². The fourth-order valence-corrected chi connectivity index (χ4v) is 4.93. The number of hydrogen-bond acceptors (Lipinski definition) is 4. The predicted molar refractivity (Wildman–Crippen MR) is 119 cm³/mol. The van der Waals surface area contributed by atoms with Crippen molar-refractivity contribution in [3.05, 3.63) is 59.7 Å². The van der Waals surface area contributed by atoms with E-state index in [2.05, 4.69) is 34.9 Å². The van der Waals surface area contributed by atoms with Crippen LogP contribution in [-0.2, 0) is 14.3 Å². The molecule has 2 aromatic carbocycles. The van der Waals surface area contributed by atoms with Crippen molar-refractivity contribution < 1.29 is 24.2 Å². The first-order valence-electron chi connectivity index (χ1n) is 11.1. The first kappa shape index (κ1) is 21.9. The van der Waals surface area contributed by atoms with Crippen LogP contribution in [-0.4, -0.2) is 42.3 Å². The highest BCUT2D eigenvalue weighted by Crippen LogP contribution is 2.44. The van der Waals surface area contributed by atoms with E-state index in [9.17, 15) is 14.4 Å². The third-order valence-corrected chi connectivity index (χ3v) is 6.46. The maximum absolute atomic E-state index is 12.7. The van der Waals surface area contributed by atoms with Crippen LogP contribution in [0, 0.1) is 5.92 Å². The van der Waals surface area contributed by atoms with E-state index in [0.717, 1.165) is 47.9 Å². The highest BCUT2D eigenvalue weighted by atomic mass is 16.5. The van der Waals surface area contributed by atoms with Crippen LogP contribution in [0.25, 0.3) is 11.1 Å². The monoisotopic (exact) mass is 436 g/mol. The lowest BCUT2D eigenvalue weighted by Crippen LogP contribution is -2.44. The van der Waals surface area contributed by atoms with Gasteiger partial charge in [0, 0.05) is 18.4 Å². The van der Waals surface area contributed by atoms with Crippen molar-refractivity contribution in [2.24, 2.45) is 5.92 Å². The van der Waals surface area contributed by atoms with Gasteiger partial charge in [-0.15, -0.1) is 0 Å². The van der Waals surface area contributed by atoms with Crippen molar-refractivity contribution >= 4 is 18.0 Å². The summed E-state index contributed by atoms with van der Waals surface area (Å²) in [5.74, 6) is -1.33. The summed E-state index contributed by atoms with van der Waals surface area (Å²) in [6, 6.07) is 15.9. The zero-order chi connectivity index (χ0) is 22.5. The van der Waals surface area contributed by atoms with Gasteiger partial charge in [-0.1, -0.05) is 61.4 Å². The second kappa shape index (κ2) is 9.85. The summed E-state index contributed by atoms with van der Waals surface area (Å²) >= 11 is 0. The molecule has 1 unspecified atom stereocenters. The molecule has 2 aromatic rings. The number of ether oxygens (including phenoxy) is 1. The second-order valence-corrected chi connectivity index (χ2v) is 8.50. The van der Waals surface area contributed by atoms with Gasteiger partial charge >= 0.3 is 12.1 Å². The van der Waals surface area contributed by atoms with Gasteiger partial charge in [0.25, 0.3) is 0 Å². The maximum Gasteiger partial charge on any atom is 0.407 e. The number of fused-ring (bicyclic) bond motifs is 3. The molecule has 168 valence electrons. The quantitative estimate of drug-likeness (QED) is 0.586. The Balaban J connectivity index is 1.39. The molecule has 2 aliphatic carbocycles. The van der Waals surface area contributed by atoms with Crippen LogP contribution < -0.4 is 10.6 Å². The average molecular weight is 437 g/mol. The largest absolute Gasteiger partial charge is 0.480 e. The molecule has 4 rings (SSSR count). The van der Waals surface area contributed by atoms with Gasteiger partial charge in [-0.2, -0.15) is 0 Å². The molecule has 2 aliphatic rings. The normalized spacial score (nSPS) is 16.1. The van der Waals surface area contributed by atoms with Crippen LogP contribution in [0.4, 0.5) is 4.79 Å². The molecule has 2 amide bonds. The highest BCUT2D eigenvalue weighted by Gasteiger charge is 2.31.